The van der Waals surface area contributed by atoms with Crippen LogP contribution in [0.1, 0.15) is 38.8 Å². The van der Waals surface area contributed by atoms with Crippen LogP contribution in [0.2, 0.25) is 0 Å². The summed E-state index contributed by atoms with van der Waals surface area (Å²) in [7, 11) is -3.40. The number of nitrogens with zero attached hydrogens (tertiary/aromatic N) is 1. The van der Waals surface area contributed by atoms with Gasteiger partial charge in [0.05, 0.1) is 4.90 Å². The van der Waals surface area contributed by atoms with Crippen molar-refractivity contribution in [3.63, 3.8) is 0 Å². The third-order valence-corrected chi connectivity index (χ3v) is 5.16. The largest absolute Gasteiger partial charge is 0.349 e. The lowest BCUT2D eigenvalue weighted by atomic mass is 10.3. The highest BCUT2D eigenvalue weighted by molar-refractivity contribution is 7.89. The van der Waals surface area contributed by atoms with Gasteiger partial charge in [0.1, 0.15) is 0 Å². The number of aryl methyl sites for hydroxylation is 1. The third kappa shape index (κ3) is 3.19. The van der Waals surface area contributed by atoms with E-state index in [1.165, 1.54) is 0 Å². The fourth-order valence-corrected chi connectivity index (χ4v) is 3.78. The summed E-state index contributed by atoms with van der Waals surface area (Å²) in [6, 6.07) is 1.80. The molecule has 0 radical (unpaired) electrons. The van der Waals surface area contributed by atoms with Gasteiger partial charge in [0.15, 0.2) is 0 Å². The van der Waals surface area contributed by atoms with Crippen molar-refractivity contribution in [2.24, 2.45) is 11.7 Å². The molecule has 1 aliphatic rings. The van der Waals surface area contributed by atoms with E-state index in [1.807, 2.05) is 4.57 Å². The molecule has 1 fully saturated rings. The molecule has 0 aromatic carbocycles. The van der Waals surface area contributed by atoms with Crippen LogP contribution in [-0.2, 0) is 23.1 Å². The molecule has 3 N–H and O–H groups in total. The zero-order valence-corrected chi connectivity index (χ0v) is 12.4. The number of hydrogen-bond donors (Lipinski definition) is 2. The molecule has 0 saturated heterocycles. The lowest BCUT2D eigenvalue weighted by molar-refractivity contribution is 0.575. The summed E-state index contributed by atoms with van der Waals surface area (Å²) in [6.45, 7) is 5.30. The van der Waals surface area contributed by atoms with Crippen LogP contribution in [0, 0.1) is 5.92 Å². The molecule has 19 heavy (non-hydrogen) atoms. The second-order valence-corrected chi connectivity index (χ2v) is 6.91. The van der Waals surface area contributed by atoms with E-state index in [1.54, 1.807) is 12.3 Å². The molecule has 0 aliphatic heterocycles. The molecule has 6 heteroatoms. The molecule has 0 amide bonds. The van der Waals surface area contributed by atoms with Crippen molar-refractivity contribution in [2.75, 3.05) is 0 Å². The standard InChI is InChI=1S/C13H23N3O2S/c1-3-5-16-9-12(7-11(16)8-14)19(17,18)15-13-6-10(13)4-2/h7,9-10,13,15H,3-6,8,14H2,1-2H3. The minimum Gasteiger partial charge on any atom is -0.349 e. The van der Waals surface area contributed by atoms with Gasteiger partial charge in [-0.25, -0.2) is 13.1 Å². The number of rotatable bonds is 7. The van der Waals surface area contributed by atoms with Crippen molar-refractivity contribution < 1.29 is 8.42 Å². The predicted octanol–water partition coefficient (Wildman–Crippen LogP) is 1.43. The molecule has 1 aliphatic carbocycles. The van der Waals surface area contributed by atoms with Crippen molar-refractivity contribution in [3.05, 3.63) is 18.0 Å². The van der Waals surface area contributed by atoms with E-state index in [9.17, 15) is 8.42 Å². The molecular weight excluding hydrogens is 262 g/mol. The first-order valence-electron chi connectivity index (χ1n) is 6.93. The Morgan fingerprint density at radius 1 is 1.47 bits per heavy atom. The second kappa shape index (κ2) is 5.64. The summed E-state index contributed by atoms with van der Waals surface area (Å²) in [5.74, 6) is 0.501. The third-order valence-electron chi connectivity index (χ3n) is 3.70. The normalized spacial score (nSPS) is 22.7. The molecular formula is C13H23N3O2S. The molecule has 1 saturated carbocycles. The quantitative estimate of drug-likeness (QED) is 0.795. The Labute approximate surface area is 115 Å². The SMILES string of the molecule is CCCn1cc(S(=O)(=O)NC2CC2CC)cc1CN. The van der Waals surface area contributed by atoms with E-state index in [-0.39, 0.29) is 6.04 Å². The van der Waals surface area contributed by atoms with Crippen LogP contribution in [0.15, 0.2) is 17.2 Å². The van der Waals surface area contributed by atoms with E-state index in [0.717, 1.165) is 31.5 Å². The molecule has 1 heterocycles. The monoisotopic (exact) mass is 285 g/mol. The van der Waals surface area contributed by atoms with Gasteiger partial charge >= 0.3 is 0 Å². The highest BCUT2D eigenvalue weighted by Gasteiger charge is 2.38. The molecule has 2 atom stereocenters. The Kier molecular flexibility index (Phi) is 4.32. The summed E-state index contributed by atoms with van der Waals surface area (Å²) >= 11 is 0. The summed E-state index contributed by atoms with van der Waals surface area (Å²) in [6.07, 6.45) is 4.62. The highest BCUT2D eigenvalue weighted by Crippen LogP contribution is 2.34. The topological polar surface area (TPSA) is 77.1 Å². The summed E-state index contributed by atoms with van der Waals surface area (Å²) in [5.41, 5.74) is 6.52. The van der Waals surface area contributed by atoms with Crippen LogP contribution in [0.3, 0.4) is 0 Å². The van der Waals surface area contributed by atoms with Crippen LogP contribution in [0.25, 0.3) is 0 Å². The fourth-order valence-electron chi connectivity index (χ4n) is 2.40. The van der Waals surface area contributed by atoms with Gasteiger partial charge in [-0.05, 0) is 24.8 Å². The first-order valence-corrected chi connectivity index (χ1v) is 8.41. The van der Waals surface area contributed by atoms with Crippen molar-refractivity contribution in [3.8, 4) is 0 Å². The first kappa shape index (κ1) is 14.6. The predicted molar refractivity (Wildman–Crippen MR) is 75.1 cm³/mol. The molecule has 0 bridgehead atoms. The van der Waals surface area contributed by atoms with E-state index < -0.39 is 10.0 Å². The summed E-state index contributed by atoms with van der Waals surface area (Å²) in [5, 5.41) is 0. The fraction of sp³-hybridized carbons (Fsp3) is 0.692. The number of sulfonamides is 1. The minimum atomic E-state index is -3.40. The minimum absolute atomic E-state index is 0.117. The van der Waals surface area contributed by atoms with E-state index in [4.69, 9.17) is 5.73 Å². The Morgan fingerprint density at radius 2 is 2.21 bits per heavy atom. The lowest BCUT2D eigenvalue weighted by Gasteiger charge is -2.04. The zero-order valence-electron chi connectivity index (χ0n) is 11.6. The summed E-state index contributed by atoms with van der Waals surface area (Å²) in [4.78, 5) is 0.336. The molecule has 108 valence electrons. The van der Waals surface area contributed by atoms with Crippen molar-refractivity contribution in [1.29, 1.82) is 0 Å². The van der Waals surface area contributed by atoms with Crippen molar-refractivity contribution >= 4 is 10.0 Å². The van der Waals surface area contributed by atoms with Gasteiger partial charge < -0.3 is 10.3 Å². The number of aromatic nitrogens is 1. The summed E-state index contributed by atoms with van der Waals surface area (Å²) < 4.78 is 29.2. The average Bonchev–Trinajstić information content (AvgIpc) is 2.96. The van der Waals surface area contributed by atoms with Crippen molar-refractivity contribution in [2.45, 2.75) is 57.1 Å². The molecule has 2 unspecified atom stereocenters. The van der Waals surface area contributed by atoms with Gasteiger partial charge in [-0.15, -0.1) is 0 Å². The van der Waals surface area contributed by atoms with Crippen molar-refractivity contribution in [1.82, 2.24) is 9.29 Å². The van der Waals surface area contributed by atoms with Crippen LogP contribution >= 0.6 is 0 Å². The number of nitrogens with one attached hydrogen (secondary N) is 1. The average molecular weight is 285 g/mol. The van der Waals surface area contributed by atoms with Gasteiger partial charge in [-0.2, -0.15) is 0 Å². The van der Waals surface area contributed by atoms with E-state index in [0.29, 0.717) is 17.4 Å². The Bertz CT molecular complexity index is 536. The van der Waals surface area contributed by atoms with Gasteiger partial charge in [0.2, 0.25) is 10.0 Å². The van der Waals surface area contributed by atoms with Crippen LogP contribution in [0.4, 0.5) is 0 Å². The maximum atomic E-state index is 12.3. The number of hydrogen-bond acceptors (Lipinski definition) is 3. The Balaban J connectivity index is 2.16. The Hall–Kier alpha value is -0.850. The maximum Gasteiger partial charge on any atom is 0.242 e. The molecule has 1 aromatic heterocycles. The van der Waals surface area contributed by atoms with E-state index in [2.05, 4.69) is 18.6 Å². The Morgan fingerprint density at radius 3 is 2.74 bits per heavy atom. The number of nitrogens with two attached hydrogens (primary N) is 1. The second-order valence-electron chi connectivity index (χ2n) is 5.20. The molecule has 2 rings (SSSR count). The van der Waals surface area contributed by atoms with Gasteiger partial charge in [0, 0.05) is 31.0 Å². The molecule has 0 spiro atoms. The van der Waals surface area contributed by atoms with Crippen LogP contribution < -0.4 is 10.5 Å². The van der Waals surface area contributed by atoms with E-state index >= 15 is 0 Å². The van der Waals surface area contributed by atoms with Crippen LogP contribution in [-0.4, -0.2) is 19.0 Å². The zero-order chi connectivity index (χ0) is 14.0. The maximum absolute atomic E-state index is 12.3. The molecule has 5 nitrogen and oxygen atoms in total. The van der Waals surface area contributed by atoms with Gasteiger partial charge in [0.25, 0.3) is 0 Å². The van der Waals surface area contributed by atoms with Gasteiger partial charge in [-0.3, -0.25) is 0 Å². The van der Waals surface area contributed by atoms with Gasteiger partial charge in [-0.1, -0.05) is 20.3 Å². The highest BCUT2D eigenvalue weighted by atomic mass is 32.2. The first-order chi connectivity index (χ1) is 9.01. The van der Waals surface area contributed by atoms with Crippen LogP contribution in [0.5, 0.6) is 0 Å². The molecule has 1 aromatic rings. The lowest BCUT2D eigenvalue weighted by Crippen LogP contribution is -2.26. The smallest absolute Gasteiger partial charge is 0.242 e.